The number of amides is 2. The number of hydrogen-bond donors (Lipinski definition) is 3. The molecular formula is C18H30N2O7. The van der Waals surface area contributed by atoms with E-state index in [-0.39, 0.29) is 18.4 Å². The second kappa shape index (κ2) is 10.2. The first-order chi connectivity index (χ1) is 12.7. The maximum atomic E-state index is 12.7. The van der Waals surface area contributed by atoms with Crippen molar-refractivity contribution in [3.05, 3.63) is 0 Å². The molecule has 1 rings (SSSR count). The molecule has 1 saturated heterocycles. The molecule has 0 aromatic carbocycles. The van der Waals surface area contributed by atoms with Crippen LogP contribution in [0.2, 0.25) is 0 Å². The number of aliphatic carboxylic acids is 1. The van der Waals surface area contributed by atoms with Crippen LogP contribution in [0.3, 0.4) is 0 Å². The Morgan fingerprint density at radius 1 is 0.963 bits per heavy atom. The fourth-order valence-corrected chi connectivity index (χ4v) is 2.58. The minimum absolute atomic E-state index is 0.178. The van der Waals surface area contributed by atoms with Crippen molar-refractivity contribution in [2.45, 2.75) is 71.8 Å². The van der Waals surface area contributed by atoms with Crippen LogP contribution in [0.1, 0.15) is 47.5 Å². The molecule has 0 bridgehead atoms. The van der Waals surface area contributed by atoms with Crippen LogP contribution >= 0.6 is 0 Å². The van der Waals surface area contributed by atoms with Crippen LogP contribution in [0, 0.1) is 11.8 Å². The molecule has 0 unspecified atom stereocenters. The highest BCUT2D eigenvalue weighted by Crippen LogP contribution is 2.24. The van der Waals surface area contributed by atoms with E-state index in [2.05, 4.69) is 10.6 Å². The van der Waals surface area contributed by atoms with Gasteiger partial charge in [0, 0.05) is 0 Å². The maximum absolute atomic E-state index is 12.7. The quantitative estimate of drug-likeness (QED) is 0.347. The lowest BCUT2D eigenvalue weighted by atomic mass is 9.95. The molecule has 0 spiro atoms. The third-order valence-corrected chi connectivity index (χ3v) is 4.84. The van der Waals surface area contributed by atoms with Crippen LogP contribution in [-0.2, 0) is 28.7 Å². The molecule has 1 fully saturated rings. The lowest BCUT2D eigenvalue weighted by molar-refractivity contribution is -0.145. The van der Waals surface area contributed by atoms with Gasteiger partial charge in [0.25, 0.3) is 5.91 Å². The van der Waals surface area contributed by atoms with E-state index in [0.717, 1.165) is 0 Å². The van der Waals surface area contributed by atoms with E-state index >= 15 is 0 Å². The van der Waals surface area contributed by atoms with E-state index in [1.54, 1.807) is 20.8 Å². The van der Waals surface area contributed by atoms with Gasteiger partial charge in [-0.15, -0.1) is 0 Å². The fraction of sp³-hybridized carbons (Fsp3) is 0.778. The van der Waals surface area contributed by atoms with Gasteiger partial charge in [0.15, 0.2) is 12.2 Å². The molecular weight excluding hydrogens is 356 g/mol. The van der Waals surface area contributed by atoms with Crippen molar-refractivity contribution < 1.29 is 33.8 Å². The molecule has 6 atom stereocenters. The van der Waals surface area contributed by atoms with Crippen LogP contribution in [0.15, 0.2) is 0 Å². The second-order valence-electron chi connectivity index (χ2n) is 6.81. The molecule has 27 heavy (non-hydrogen) atoms. The molecule has 154 valence electrons. The van der Waals surface area contributed by atoms with Gasteiger partial charge in [-0.2, -0.15) is 0 Å². The summed E-state index contributed by atoms with van der Waals surface area (Å²) in [5, 5.41) is 14.5. The second-order valence-corrected chi connectivity index (χ2v) is 6.81. The van der Waals surface area contributed by atoms with Gasteiger partial charge in [0.2, 0.25) is 5.91 Å². The summed E-state index contributed by atoms with van der Waals surface area (Å²) in [5.41, 5.74) is 0. The number of carbonyl (C=O) groups is 4. The van der Waals surface area contributed by atoms with Crippen molar-refractivity contribution in [1.82, 2.24) is 10.6 Å². The first kappa shape index (κ1) is 22.9. The number of carboxylic acids is 1. The zero-order chi connectivity index (χ0) is 20.7. The third kappa shape index (κ3) is 6.20. The SMILES string of the molecule is CCOC(=O)[C@H]1O[C@@H]1C(=O)N[C@H](C(=O)N[C@H](C(=O)O)[C@@H](C)CC)[C@@H](C)CC. The van der Waals surface area contributed by atoms with Crippen molar-refractivity contribution in [3.63, 3.8) is 0 Å². The summed E-state index contributed by atoms with van der Waals surface area (Å²) in [6.45, 7) is 9.03. The molecule has 0 aliphatic carbocycles. The number of carboxylic acid groups (broad SMARTS) is 1. The van der Waals surface area contributed by atoms with E-state index in [4.69, 9.17) is 9.47 Å². The summed E-state index contributed by atoms with van der Waals surface area (Å²) < 4.78 is 9.85. The van der Waals surface area contributed by atoms with Gasteiger partial charge in [-0.3, -0.25) is 9.59 Å². The van der Waals surface area contributed by atoms with Crippen molar-refractivity contribution in [2.24, 2.45) is 11.8 Å². The van der Waals surface area contributed by atoms with Crippen LogP contribution < -0.4 is 10.6 Å². The molecule has 1 aliphatic rings. The summed E-state index contributed by atoms with van der Waals surface area (Å²) in [6.07, 6.45) is -0.785. The zero-order valence-corrected chi connectivity index (χ0v) is 16.5. The first-order valence-corrected chi connectivity index (χ1v) is 9.33. The zero-order valence-electron chi connectivity index (χ0n) is 16.5. The van der Waals surface area contributed by atoms with Crippen LogP contribution in [0.5, 0.6) is 0 Å². The molecule has 9 nitrogen and oxygen atoms in total. The predicted molar refractivity (Wildman–Crippen MR) is 95.7 cm³/mol. The minimum Gasteiger partial charge on any atom is -0.480 e. The van der Waals surface area contributed by atoms with Gasteiger partial charge >= 0.3 is 11.9 Å². The van der Waals surface area contributed by atoms with E-state index in [1.807, 2.05) is 13.8 Å². The Morgan fingerprint density at radius 3 is 2.00 bits per heavy atom. The Hall–Kier alpha value is -2.16. The highest BCUT2D eigenvalue weighted by Gasteiger charge is 2.52. The van der Waals surface area contributed by atoms with Crippen LogP contribution in [0.4, 0.5) is 0 Å². The van der Waals surface area contributed by atoms with Gasteiger partial charge in [-0.05, 0) is 18.8 Å². The number of ether oxygens (including phenoxy) is 2. The molecule has 2 amide bonds. The smallest absolute Gasteiger partial charge is 0.338 e. The minimum atomic E-state index is -1.13. The van der Waals surface area contributed by atoms with E-state index in [9.17, 15) is 24.3 Å². The van der Waals surface area contributed by atoms with Gasteiger partial charge in [-0.1, -0.05) is 40.5 Å². The topological polar surface area (TPSA) is 134 Å². The molecule has 0 radical (unpaired) electrons. The number of rotatable bonds is 11. The molecule has 9 heteroatoms. The van der Waals surface area contributed by atoms with Gasteiger partial charge < -0.3 is 25.2 Å². The summed E-state index contributed by atoms with van der Waals surface area (Å²) in [7, 11) is 0. The van der Waals surface area contributed by atoms with E-state index in [0.29, 0.717) is 12.8 Å². The van der Waals surface area contributed by atoms with Gasteiger partial charge in [0.05, 0.1) is 6.61 Å². The maximum Gasteiger partial charge on any atom is 0.338 e. The molecule has 3 N–H and O–H groups in total. The van der Waals surface area contributed by atoms with Crippen LogP contribution in [-0.4, -0.2) is 59.8 Å². The Balaban J connectivity index is 2.78. The summed E-state index contributed by atoms with van der Waals surface area (Å²) in [4.78, 5) is 48.0. The summed E-state index contributed by atoms with van der Waals surface area (Å²) in [5.74, 6) is -3.41. The Bertz CT molecular complexity index is 566. The van der Waals surface area contributed by atoms with E-state index < -0.39 is 48.0 Å². The van der Waals surface area contributed by atoms with Crippen molar-refractivity contribution in [2.75, 3.05) is 6.61 Å². The predicted octanol–water partition coefficient (Wildman–Crippen LogP) is 0.463. The number of esters is 1. The van der Waals surface area contributed by atoms with Crippen LogP contribution in [0.25, 0.3) is 0 Å². The molecule has 0 aromatic rings. The Kier molecular flexibility index (Phi) is 8.68. The average molecular weight is 386 g/mol. The summed E-state index contributed by atoms with van der Waals surface area (Å²) in [6, 6.07) is -1.98. The van der Waals surface area contributed by atoms with Gasteiger partial charge in [0.1, 0.15) is 12.1 Å². The van der Waals surface area contributed by atoms with Gasteiger partial charge in [-0.25, -0.2) is 9.59 Å². The Labute approximate surface area is 159 Å². The highest BCUT2D eigenvalue weighted by molar-refractivity contribution is 5.96. The molecule has 0 saturated carbocycles. The lowest BCUT2D eigenvalue weighted by Crippen LogP contribution is -2.56. The molecule has 1 heterocycles. The number of hydrogen-bond acceptors (Lipinski definition) is 6. The lowest BCUT2D eigenvalue weighted by Gasteiger charge is -2.27. The largest absolute Gasteiger partial charge is 0.480 e. The average Bonchev–Trinajstić information content (AvgIpc) is 3.43. The fourth-order valence-electron chi connectivity index (χ4n) is 2.58. The first-order valence-electron chi connectivity index (χ1n) is 9.33. The highest BCUT2D eigenvalue weighted by atomic mass is 16.6. The molecule has 0 aromatic heterocycles. The normalized spacial score (nSPS) is 22.7. The molecule has 1 aliphatic heterocycles. The van der Waals surface area contributed by atoms with E-state index in [1.165, 1.54) is 0 Å². The van der Waals surface area contributed by atoms with Crippen molar-refractivity contribution in [1.29, 1.82) is 0 Å². The number of epoxide rings is 1. The van der Waals surface area contributed by atoms with Crippen molar-refractivity contribution >= 4 is 23.8 Å². The third-order valence-electron chi connectivity index (χ3n) is 4.84. The Morgan fingerprint density at radius 2 is 1.52 bits per heavy atom. The summed E-state index contributed by atoms with van der Waals surface area (Å²) >= 11 is 0. The standard InChI is InChI=1S/C18H30N2O7/c1-6-9(4)11(15(21)20-12(17(23)24)10(5)7-2)19-16(22)13-14(27-13)18(25)26-8-3/h9-14H,6-8H2,1-5H3,(H,19,22)(H,20,21)(H,23,24)/t9-,10-,11-,12-,13-,14-/m0/s1. The van der Waals surface area contributed by atoms with Crippen molar-refractivity contribution in [3.8, 4) is 0 Å². The monoisotopic (exact) mass is 386 g/mol. The number of nitrogens with one attached hydrogen (secondary N) is 2. The number of carbonyl (C=O) groups excluding carboxylic acids is 3.